The third-order valence-corrected chi connectivity index (χ3v) is 3.69. The predicted molar refractivity (Wildman–Crippen MR) is 75.9 cm³/mol. The van der Waals surface area contributed by atoms with E-state index in [1.165, 1.54) is 0 Å². The first-order chi connectivity index (χ1) is 8.89. The summed E-state index contributed by atoms with van der Waals surface area (Å²) in [4.78, 5) is 13.8. The van der Waals surface area contributed by atoms with Crippen LogP contribution in [0, 0.1) is 0 Å². The average Bonchev–Trinajstić information content (AvgIpc) is 2.08. The highest BCUT2D eigenvalue weighted by Crippen LogP contribution is 2.27. The number of piperidine rings is 1. The zero-order valence-corrected chi connectivity index (χ0v) is 13.9. The number of rotatable bonds is 2. The van der Waals surface area contributed by atoms with Gasteiger partial charge in [-0.3, -0.25) is 4.18 Å². The van der Waals surface area contributed by atoms with E-state index in [1.807, 2.05) is 34.6 Å². The van der Waals surface area contributed by atoms with Crippen molar-refractivity contribution in [3.63, 3.8) is 0 Å². The van der Waals surface area contributed by atoms with Gasteiger partial charge in [0.05, 0.1) is 12.4 Å². The first-order valence-corrected chi connectivity index (χ1v) is 8.60. The summed E-state index contributed by atoms with van der Waals surface area (Å²) in [6.07, 6.45) is 1.26. The summed E-state index contributed by atoms with van der Waals surface area (Å²) in [5.41, 5.74) is -0.545. The molecular formula is C13H25NO5S. The van der Waals surface area contributed by atoms with Crippen molar-refractivity contribution in [2.45, 2.75) is 71.2 Å². The monoisotopic (exact) mass is 307 g/mol. The number of hydrogen-bond acceptors (Lipinski definition) is 5. The molecule has 0 bridgehead atoms. The second-order valence-electron chi connectivity index (χ2n) is 6.48. The van der Waals surface area contributed by atoms with Crippen molar-refractivity contribution in [3.8, 4) is 0 Å². The van der Waals surface area contributed by atoms with E-state index in [0.717, 1.165) is 6.26 Å². The zero-order valence-electron chi connectivity index (χ0n) is 13.0. The van der Waals surface area contributed by atoms with Crippen molar-refractivity contribution in [1.82, 2.24) is 4.90 Å². The third kappa shape index (κ3) is 5.28. The minimum Gasteiger partial charge on any atom is -0.444 e. The Morgan fingerprint density at radius 2 is 1.60 bits per heavy atom. The van der Waals surface area contributed by atoms with Gasteiger partial charge < -0.3 is 9.64 Å². The Bertz CT molecular complexity index is 442. The molecule has 1 rings (SSSR count). The summed E-state index contributed by atoms with van der Waals surface area (Å²) in [6.45, 7) is 9.20. The predicted octanol–water partition coefficient (Wildman–Crippen LogP) is 2.14. The highest BCUT2D eigenvalue weighted by Gasteiger charge is 2.37. The summed E-state index contributed by atoms with van der Waals surface area (Å²) in [7, 11) is -3.47. The maximum absolute atomic E-state index is 12.2. The van der Waals surface area contributed by atoms with Gasteiger partial charge in [0.15, 0.2) is 0 Å². The minimum atomic E-state index is -3.47. The fourth-order valence-electron chi connectivity index (χ4n) is 2.52. The number of hydrogen-bond donors (Lipinski definition) is 0. The van der Waals surface area contributed by atoms with Crippen LogP contribution in [0.2, 0.25) is 0 Å². The maximum Gasteiger partial charge on any atom is 0.410 e. The third-order valence-electron chi connectivity index (χ3n) is 3.07. The molecule has 1 fully saturated rings. The molecule has 7 heteroatoms. The van der Waals surface area contributed by atoms with Gasteiger partial charge in [-0.15, -0.1) is 0 Å². The Balaban J connectivity index is 2.72. The van der Waals surface area contributed by atoms with Crippen LogP contribution in [-0.4, -0.2) is 49.5 Å². The molecule has 1 aliphatic heterocycles. The maximum atomic E-state index is 12.2. The Labute approximate surface area is 121 Å². The van der Waals surface area contributed by atoms with Crippen molar-refractivity contribution in [2.75, 3.05) is 6.26 Å². The molecule has 0 aliphatic carbocycles. The van der Waals surface area contributed by atoms with Gasteiger partial charge >= 0.3 is 6.09 Å². The second-order valence-corrected chi connectivity index (χ2v) is 8.08. The number of amides is 1. The molecule has 1 amide bonds. The van der Waals surface area contributed by atoms with Crippen LogP contribution in [0.4, 0.5) is 4.79 Å². The topological polar surface area (TPSA) is 72.9 Å². The number of carbonyl (C=O) groups is 1. The standard InChI is InChI=1S/C13H25NO5S/c1-9-7-11(19-20(6,16)17)8-10(2)14(9)12(15)18-13(3,4)5/h9-11H,7-8H2,1-6H3. The highest BCUT2D eigenvalue weighted by molar-refractivity contribution is 7.86. The molecule has 20 heavy (non-hydrogen) atoms. The molecule has 2 unspecified atom stereocenters. The van der Waals surface area contributed by atoms with E-state index in [-0.39, 0.29) is 24.3 Å². The quantitative estimate of drug-likeness (QED) is 0.731. The summed E-state index contributed by atoms with van der Waals surface area (Å²) in [6, 6.07) is -0.249. The van der Waals surface area contributed by atoms with Crippen LogP contribution in [0.1, 0.15) is 47.5 Å². The molecule has 118 valence electrons. The van der Waals surface area contributed by atoms with Gasteiger partial charge in [0, 0.05) is 12.1 Å². The van der Waals surface area contributed by atoms with Gasteiger partial charge in [0.25, 0.3) is 10.1 Å². The Morgan fingerprint density at radius 1 is 1.15 bits per heavy atom. The molecule has 0 spiro atoms. The average molecular weight is 307 g/mol. The van der Waals surface area contributed by atoms with Crippen LogP contribution in [0.3, 0.4) is 0 Å². The Morgan fingerprint density at radius 3 is 1.95 bits per heavy atom. The fraction of sp³-hybridized carbons (Fsp3) is 0.923. The van der Waals surface area contributed by atoms with Crippen LogP contribution in [-0.2, 0) is 19.0 Å². The molecule has 1 heterocycles. The SMILES string of the molecule is CC1CC(OS(C)(=O)=O)CC(C)N1C(=O)OC(C)(C)C. The van der Waals surface area contributed by atoms with Crippen LogP contribution in [0.25, 0.3) is 0 Å². The van der Waals surface area contributed by atoms with Gasteiger partial charge in [-0.05, 0) is 47.5 Å². The van der Waals surface area contributed by atoms with Gasteiger partial charge in [-0.2, -0.15) is 8.42 Å². The van der Waals surface area contributed by atoms with Crippen LogP contribution in [0.15, 0.2) is 0 Å². The summed E-state index contributed by atoms with van der Waals surface area (Å²) in [5.74, 6) is 0. The van der Waals surface area contributed by atoms with Crippen molar-refractivity contribution in [2.24, 2.45) is 0 Å². The molecule has 1 saturated heterocycles. The fourth-order valence-corrected chi connectivity index (χ4v) is 3.17. The van der Waals surface area contributed by atoms with E-state index >= 15 is 0 Å². The second kappa shape index (κ2) is 5.89. The molecule has 0 saturated carbocycles. The van der Waals surface area contributed by atoms with Gasteiger partial charge in [0.1, 0.15) is 5.60 Å². The number of carbonyl (C=O) groups excluding carboxylic acids is 1. The lowest BCUT2D eigenvalue weighted by Gasteiger charge is -2.42. The van der Waals surface area contributed by atoms with E-state index in [4.69, 9.17) is 8.92 Å². The molecular weight excluding hydrogens is 282 g/mol. The molecule has 6 nitrogen and oxygen atoms in total. The number of nitrogens with zero attached hydrogens (tertiary/aromatic N) is 1. The molecule has 0 aromatic carbocycles. The molecule has 0 aromatic rings. The van der Waals surface area contributed by atoms with E-state index in [0.29, 0.717) is 12.8 Å². The molecule has 1 aliphatic rings. The van der Waals surface area contributed by atoms with Gasteiger partial charge in [-0.25, -0.2) is 4.79 Å². The summed E-state index contributed by atoms with van der Waals surface area (Å²) >= 11 is 0. The van der Waals surface area contributed by atoms with Crippen molar-refractivity contribution < 1.29 is 22.1 Å². The lowest BCUT2D eigenvalue weighted by Crippen LogP contribution is -2.53. The van der Waals surface area contributed by atoms with Crippen molar-refractivity contribution >= 4 is 16.2 Å². The van der Waals surface area contributed by atoms with Crippen molar-refractivity contribution in [1.29, 1.82) is 0 Å². The highest BCUT2D eigenvalue weighted by atomic mass is 32.2. The summed E-state index contributed by atoms with van der Waals surface area (Å²) < 4.78 is 32.8. The Kier molecular flexibility index (Phi) is 5.08. The molecule has 0 aromatic heterocycles. The van der Waals surface area contributed by atoms with Crippen LogP contribution >= 0.6 is 0 Å². The number of ether oxygens (including phenoxy) is 1. The lowest BCUT2D eigenvalue weighted by molar-refractivity contribution is -0.0167. The van der Waals surface area contributed by atoms with E-state index in [2.05, 4.69) is 0 Å². The van der Waals surface area contributed by atoms with Gasteiger partial charge in [-0.1, -0.05) is 0 Å². The smallest absolute Gasteiger partial charge is 0.410 e. The largest absolute Gasteiger partial charge is 0.444 e. The first kappa shape index (κ1) is 17.2. The molecule has 0 N–H and O–H groups in total. The molecule has 0 radical (unpaired) electrons. The van der Waals surface area contributed by atoms with Gasteiger partial charge in [0.2, 0.25) is 0 Å². The van der Waals surface area contributed by atoms with E-state index in [1.54, 1.807) is 4.90 Å². The first-order valence-electron chi connectivity index (χ1n) is 6.78. The van der Waals surface area contributed by atoms with Crippen LogP contribution < -0.4 is 0 Å². The zero-order chi connectivity index (χ0) is 15.7. The lowest BCUT2D eigenvalue weighted by atomic mass is 9.95. The molecule has 2 atom stereocenters. The number of likely N-dealkylation sites (tertiary alicyclic amines) is 1. The van der Waals surface area contributed by atoms with Crippen LogP contribution in [0.5, 0.6) is 0 Å². The van der Waals surface area contributed by atoms with E-state index in [9.17, 15) is 13.2 Å². The Hall–Kier alpha value is -0.820. The normalized spacial score (nSPS) is 28.3. The summed E-state index contributed by atoms with van der Waals surface area (Å²) in [5, 5.41) is 0. The van der Waals surface area contributed by atoms with E-state index < -0.39 is 15.7 Å². The van der Waals surface area contributed by atoms with Crippen molar-refractivity contribution in [3.05, 3.63) is 0 Å². The minimum absolute atomic E-state index is 0.125.